The number of hydrogen-bond acceptors (Lipinski definition) is 3. The summed E-state index contributed by atoms with van der Waals surface area (Å²) in [6.07, 6.45) is 2.26. The SMILES string of the molecule is COC1CN(Cc2ccc(Br)cn2)C1. The van der Waals surface area contributed by atoms with Gasteiger partial charge >= 0.3 is 0 Å². The maximum Gasteiger partial charge on any atom is 0.0825 e. The van der Waals surface area contributed by atoms with Crippen LogP contribution in [0.4, 0.5) is 0 Å². The van der Waals surface area contributed by atoms with Gasteiger partial charge in [-0.15, -0.1) is 0 Å². The fourth-order valence-corrected chi connectivity index (χ4v) is 1.76. The Bertz CT molecular complexity index is 295. The molecule has 0 aromatic carbocycles. The average molecular weight is 257 g/mol. The largest absolute Gasteiger partial charge is 0.379 e. The maximum atomic E-state index is 5.20. The van der Waals surface area contributed by atoms with Gasteiger partial charge in [0.15, 0.2) is 0 Å². The Kier molecular flexibility index (Phi) is 3.15. The molecule has 4 heteroatoms. The molecule has 3 nitrogen and oxygen atoms in total. The molecule has 0 N–H and O–H groups in total. The Morgan fingerprint density at radius 2 is 2.36 bits per heavy atom. The normalized spacial score (nSPS) is 18.1. The molecule has 0 amide bonds. The van der Waals surface area contributed by atoms with Crippen LogP contribution in [0.25, 0.3) is 0 Å². The zero-order valence-corrected chi connectivity index (χ0v) is 9.70. The van der Waals surface area contributed by atoms with Gasteiger partial charge in [0.2, 0.25) is 0 Å². The smallest absolute Gasteiger partial charge is 0.0825 e. The van der Waals surface area contributed by atoms with Gasteiger partial charge in [0, 0.05) is 37.4 Å². The van der Waals surface area contributed by atoms with Crippen LogP contribution in [-0.2, 0) is 11.3 Å². The van der Waals surface area contributed by atoms with E-state index >= 15 is 0 Å². The van der Waals surface area contributed by atoms with E-state index in [1.165, 1.54) is 0 Å². The first-order valence-corrected chi connectivity index (χ1v) is 5.43. The van der Waals surface area contributed by atoms with E-state index in [9.17, 15) is 0 Å². The highest BCUT2D eigenvalue weighted by atomic mass is 79.9. The summed E-state index contributed by atoms with van der Waals surface area (Å²) in [4.78, 5) is 6.65. The Labute approximate surface area is 92.2 Å². The lowest BCUT2D eigenvalue weighted by Crippen LogP contribution is -2.51. The van der Waals surface area contributed by atoms with Crippen molar-refractivity contribution in [3.63, 3.8) is 0 Å². The number of likely N-dealkylation sites (tertiary alicyclic amines) is 1. The Balaban J connectivity index is 1.84. The van der Waals surface area contributed by atoms with Gasteiger partial charge in [0.05, 0.1) is 11.8 Å². The molecule has 14 heavy (non-hydrogen) atoms. The maximum absolute atomic E-state index is 5.20. The van der Waals surface area contributed by atoms with E-state index in [4.69, 9.17) is 4.74 Å². The predicted octanol–water partition coefficient (Wildman–Crippen LogP) is 1.67. The van der Waals surface area contributed by atoms with Crippen LogP contribution >= 0.6 is 15.9 Å². The second-order valence-electron chi connectivity index (χ2n) is 3.52. The number of pyridine rings is 1. The number of hydrogen-bond donors (Lipinski definition) is 0. The molecule has 1 aromatic heterocycles. The summed E-state index contributed by atoms with van der Waals surface area (Å²) >= 11 is 3.37. The molecule has 1 aliphatic heterocycles. The molecule has 0 bridgehead atoms. The van der Waals surface area contributed by atoms with Crippen molar-refractivity contribution < 1.29 is 4.74 Å². The summed E-state index contributed by atoms with van der Waals surface area (Å²) in [6, 6.07) is 4.07. The first-order chi connectivity index (χ1) is 6.78. The molecule has 0 radical (unpaired) electrons. The van der Waals surface area contributed by atoms with Crippen LogP contribution in [0.5, 0.6) is 0 Å². The van der Waals surface area contributed by atoms with E-state index in [0.717, 1.165) is 29.8 Å². The van der Waals surface area contributed by atoms with Gasteiger partial charge in [-0.3, -0.25) is 9.88 Å². The molecule has 0 saturated carbocycles. The van der Waals surface area contributed by atoms with Gasteiger partial charge in [-0.2, -0.15) is 0 Å². The Morgan fingerprint density at radius 3 is 2.93 bits per heavy atom. The van der Waals surface area contributed by atoms with Gasteiger partial charge in [0.1, 0.15) is 0 Å². The number of rotatable bonds is 3. The molecular formula is C10H13BrN2O. The third kappa shape index (κ3) is 2.32. The second kappa shape index (κ2) is 4.38. The molecule has 0 spiro atoms. The van der Waals surface area contributed by atoms with Gasteiger partial charge in [-0.1, -0.05) is 0 Å². The molecular weight excluding hydrogens is 244 g/mol. The molecule has 2 heterocycles. The zero-order chi connectivity index (χ0) is 9.97. The lowest BCUT2D eigenvalue weighted by molar-refractivity contribution is -0.0339. The lowest BCUT2D eigenvalue weighted by atomic mass is 10.1. The van der Waals surface area contributed by atoms with Crippen molar-refractivity contribution in [2.45, 2.75) is 12.6 Å². The third-order valence-electron chi connectivity index (χ3n) is 2.43. The van der Waals surface area contributed by atoms with E-state index in [0.29, 0.717) is 6.10 Å². The van der Waals surface area contributed by atoms with Crippen molar-refractivity contribution in [1.29, 1.82) is 0 Å². The summed E-state index contributed by atoms with van der Waals surface area (Å²) in [5, 5.41) is 0. The summed E-state index contributed by atoms with van der Waals surface area (Å²) in [5.74, 6) is 0. The molecule has 0 unspecified atom stereocenters. The minimum atomic E-state index is 0.422. The molecule has 76 valence electrons. The van der Waals surface area contributed by atoms with Crippen molar-refractivity contribution in [1.82, 2.24) is 9.88 Å². The van der Waals surface area contributed by atoms with Crippen LogP contribution in [0.1, 0.15) is 5.69 Å². The molecule has 1 saturated heterocycles. The van der Waals surface area contributed by atoms with Gasteiger partial charge in [-0.25, -0.2) is 0 Å². The molecule has 1 aliphatic rings. The van der Waals surface area contributed by atoms with Gasteiger partial charge in [-0.05, 0) is 28.1 Å². The summed E-state index contributed by atoms with van der Waals surface area (Å²) < 4.78 is 6.23. The number of methoxy groups -OCH3 is 1. The Morgan fingerprint density at radius 1 is 1.57 bits per heavy atom. The highest BCUT2D eigenvalue weighted by Gasteiger charge is 2.26. The van der Waals surface area contributed by atoms with Crippen LogP contribution in [-0.4, -0.2) is 36.2 Å². The van der Waals surface area contributed by atoms with E-state index in [1.807, 2.05) is 18.3 Å². The van der Waals surface area contributed by atoms with Crippen molar-refractivity contribution in [2.75, 3.05) is 20.2 Å². The third-order valence-corrected chi connectivity index (χ3v) is 2.90. The quantitative estimate of drug-likeness (QED) is 0.823. The minimum Gasteiger partial charge on any atom is -0.379 e. The monoisotopic (exact) mass is 256 g/mol. The van der Waals surface area contributed by atoms with Crippen LogP contribution in [0.2, 0.25) is 0 Å². The Hall–Kier alpha value is -0.450. The molecule has 0 aliphatic carbocycles. The standard InChI is InChI=1S/C10H13BrN2O/c1-14-10-6-13(7-10)5-9-3-2-8(11)4-12-9/h2-4,10H,5-7H2,1H3. The van der Waals surface area contributed by atoms with Crippen molar-refractivity contribution in [3.8, 4) is 0 Å². The molecule has 1 fully saturated rings. The van der Waals surface area contributed by atoms with Crippen LogP contribution in [0.15, 0.2) is 22.8 Å². The number of ether oxygens (including phenoxy) is 1. The van der Waals surface area contributed by atoms with E-state index < -0.39 is 0 Å². The average Bonchev–Trinajstić information content (AvgIpc) is 2.13. The topological polar surface area (TPSA) is 25.4 Å². The highest BCUT2D eigenvalue weighted by molar-refractivity contribution is 9.10. The minimum absolute atomic E-state index is 0.422. The van der Waals surface area contributed by atoms with Gasteiger partial charge < -0.3 is 4.74 Å². The second-order valence-corrected chi connectivity index (χ2v) is 4.44. The van der Waals surface area contributed by atoms with Crippen molar-refractivity contribution in [3.05, 3.63) is 28.5 Å². The van der Waals surface area contributed by atoms with Crippen LogP contribution in [0.3, 0.4) is 0 Å². The molecule has 0 atom stereocenters. The first-order valence-electron chi connectivity index (χ1n) is 4.63. The lowest BCUT2D eigenvalue weighted by Gasteiger charge is -2.37. The van der Waals surface area contributed by atoms with Crippen LogP contribution in [0, 0.1) is 0 Å². The predicted molar refractivity (Wildman–Crippen MR) is 58.0 cm³/mol. The summed E-state index contributed by atoms with van der Waals surface area (Å²) in [7, 11) is 1.76. The number of halogens is 1. The van der Waals surface area contributed by atoms with Gasteiger partial charge in [0.25, 0.3) is 0 Å². The van der Waals surface area contributed by atoms with Crippen LogP contribution < -0.4 is 0 Å². The van der Waals surface area contributed by atoms with E-state index in [2.05, 4.69) is 25.8 Å². The van der Waals surface area contributed by atoms with E-state index in [1.54, 1.807) is 7.11 Å². The fraction of sp³-hybridized carbons (Fsp3) is 0.500. The zero-order valence-electron chi connectivity index (χ0n) is 8.11. The highest BCUT2D eigenvalue weighted by Crippen LogP contribution is 2.15. The first kappa shape index (κ1) is 10.1. The van der Waals surface area contributed by atoms with Crippen molar-refractivity contribution >= 4 is 15.9 Å². The molecule has 2 rings (SSSR count). The van der Waals surface area contributed by atoms with E-state index in [-0.39, 0.29) is 0 Å². The van der Waals surface area contributed by atoms with Crippen molar-refractivity contribution in [2.24, 2.45) is 0 Å². The summed E-state index contributed by atoms with van der Waals surface area (Å²) in [6.45, 7) is 2.97. The number of aromatic nitrogens is 1. The number of nitrogens with zero attached hydrogens (tertiary/aromatic N) is 2. The molecule has 1 aromatic rings. The summed E-state index contributed by atoms with van der Waals surface area (Å²) in [5.41, 5.74) is 1.11. The fourth-order valence-electron chi connectivity index (χ4n) is 1.53.